The van der Waals surface area contributed by atoms with Crippen molar-refractivity contribution in [1.82, 2.24) is 0 Å². The third-order valence-electron chi connectivity index (χ3n) is 1.07. The molecule has 0 amide bonds. The van der Waals surface area contributed by atoms with Gasteiger partial charge < -0.3 is 0 Å². The van der Waals surface area contributed by atoms with E-state index in [2.05, 4.69) is 9.78 Å². The minimum absolute atomic E-state index is 0. The van der Waals surface area contributed by atoms with E-state index in [4.69, 9.17) is 11.6 Å². The van der Waals surface area contributed by atoms with Crippen molar-refractivity contribution in [2.75, 3.05) is 0 Å². The van der Waals surface area contributed by atoms with Crippen molar-refractivity contribution in [3.63, 3.8) is 0 Å². The first-order valence-corrected chi connectivity index (χ1v) is 3.67. The van der Waals surface area contributed by atoms with E-state index in [9.17, 15) is 4.79 Å². The Morgan fingerprint density at radius 2 is 1.85 bits per heavy atom. The molecule has 1 aromatic carbocycles. The van der Waals surface area contributed by atoms with Crippen LogP contribution in [0.5, 0.6) is 5.75 Å². The van der Waals surface area contributed by atoms with Gasteiger partial charge in [-0.25, -0.2) is 4.79 Å². The molecule has 0 aliphatic heterocycles. The third kappa shape index (κ3) is 5.16. The molecule has 0 N–H and O–H groups in total. The number of carbonyl (C=O) groups is 1. The molecule has 13 heavy (non-hydrogen) atoms. The molecular weight excluding hydrogens is 203 g/mol. The summed E-state index contributed by atoms with van der Waals surface area (Å²) in [6, 6.07) is 6.48. The van der Waals surface area contributed by atoms with Crippen LogP contribution in [0.4, 0.5) is 0 Å². The van der Waals surface area contributed by atoms with Gasteiger partial charge in [0, 0.05) is 11.9 Å². The predicted molar refractivity (Wildman–Crippen MR) is 51.0 cm³/mol. The number of hydrogen-bond donors (Lipinski definition) is 0. The molecule has 0 saturated heterocycles. The molecule has 0 bridgehead atoms. The van der Waals surface area contributed by atoms with E-state index in [1.165, 1.54) is 6.92 Å². The van der Waals surface area contributed by atoms with Crippen molar-refractivity contribution in [3.05, 3.63) is 29.3 Å². The van der Waals surface area contributed by atoms with Crippen LogP contribution >= 0.6 is 11.6 Å². The van der Waals surface area contributed by atoms with E-state index < -0.39 is 5.97 Å². The molecule has 0 aromatic heterocycles. The SMILES string of the molecule is CC(=O)OOc1ccc(Cl)cc1.[NaH]. The monoisotopic (exact) mass is 210 g/mol. The topological polar surface area (TPSA) is 35.5 Å². The molecule has 0 heterocycles. The summed E-state index contributed by atoms with van der Waals surface area (Å²) >= 11 is 5.61. The van der Waals surface area contributed by atoms with Crippen LogP contribution in [0.25, 0.3) is 0 Å². The standard InChI is InChI=1S/C8H7ClO3.Na.H/c1-6(10)11-12-8-4-2-7(9)3-5-8;;/h2-5H,1H3;;. The van der Waals surface area contributed by atoms with E-state index in [0.717, 1.165) is 0 Å². The van der Waals surface area contributed by atoms with Crippen LogP contribution in [0.1, 0.15) is 6.92 Å². The zero-order chi connectivity index (χ0) is 8.97. The Morgan fingerprint density at radius 3 is 2.31 bits per heavy atom. The van der Waals surface area contributed by atoms with E-state index >= 15 is 0 Å². The Balaban J connectivity index is 0.00000144. The summed E-state index contributed by atoms with van der Waals surface area (Å²) < 4.78 is 0. The molecule has 0 unspecified atom stereocenters. The second-order valence-electron chi connectivity index (χ2n) is 2.11. The number of benzene rings is 1. The molecule has 5 heteroatoms. The number of halogens is 1. The summed E-state index contributed by atoms with van der Waals surface area (Å²) in [6.45, 7) is 1.26. The molecule has 1 rings (SSSR count). The van der Waals surface area contributed by atoms with Crippen LogP contribution in [-0.2, 0) is 9.68 Å². The molecular formula is C8H8ClNaO3. The summed E-state index contributed by atoms with van der Waals surface area (Å²) in [6.07, 6.45) is 0. The fourth-order valence-corrected chi connectivity index (χ4v) is 0.723. The van der Waals surface area contributed by atoms with Gasteiger partial charge in [0.1, 0.15) is 0 Å². The van der Waals surface area contributed by atoms with Crippen molar-refractivity contribution in [3.8, 4) is 5.75 Å². The van der Waals surface area contributed by atoms with Crippen LogP contribution < -0.4 is 4.89 Å². The van der Waals surface area contributed by atoms with Crippen molar-refractivity contribution in [2.45, 2.75) is 6.92 Å². The molecule has 0 saturated carbocycles. The van der Waals surface area contributed by atoms with Crippen LogP contribution in [0.2, 0.25) is 5.02 Å². The van der Waals surface area contributed by atoms with Crippen LogP contribution in [0, 0.1) is 0 Å². The van der Waals surface area contributed by atoms with Crippen molar-refractivity contribution >= 4 is 47.1 Å². The van der Waals surface area contributed by atoms with Crippen LogP contribution in [0.3, 0.4) is 0 Å². The average molecular weight is 211 g/mol. The van der Waals surface area contributed by atoms with Gasteiger partial charge in [-0.05, 0) is 24.3 Å². The van der Waals surface area contributed by atoms with Gasteiger partial charge in [0.25, 0.3) is 0 Å². The van der Waals surface area contributed by atoms with Gasteiger partial charge >= 0.3 is 35.5 Å². The Hall–Kier alpha value is -0.220. The molecule has 0 fully saturated rings. The second-order valence-corrected chi connectivity index (χ2v) is 2.55. The van der Waals surface area contributed by atoms with Gasteiger partial charge in [0.05, 0.1) is 0 Å². The van der Waals surface area contributed by atoms with Gasteiger partial charge in [0.15, 0.2) is 5.75 Å². The average Bonchev–Trinajstić information content (AvgIpc) is 2.03. The Morgan fingerprint density at radius 1 is 1.31 bits per heavy atom. The minimum atomic E-state index is -0.495. The molecule has 3 nitrogen and oxygen atoms in total. The Bertz CT molecular complexity index is 273. The van der Waals surface area contributed by atoms with Gasteiger partial charge in [-0.15, -0.1) is 0 Å². The van der Waals surface area contributed by atoms with Crippen LogP contribution in [-0.4, -0.2) is 35.5 Å². The zero-order valence-electron chi connectivity index (χ0n) is 6.41. The Labute approximate surface area is 103 Å². The van der Waals surface area contributed by atoms with Crippen LogP contribution in [0.15, 0.2) is 24.3 Å². The van der Waals surface area contributed by atoms with E-state index in [0.29, 0.717) is 10.8 Å². The molecule has 0 spiro atoms. The first-order chi connectivity index (χ1) is 5.68. The summed E-state index contributed by atoms with van der Waals surface area (Å²) in [5.41, 5.74) is 0. The van der Waals surface area contributed by atoms with E-state index in [-0.39, 0.29) is 29.6 Å². The quantitative estimate of drug-likeness (QED) is 0.422. The molecule has 1 aromatic rings. The molecule has 0 atom stereocenters. The molecule has 0 aliphatic carbocycles. The summed E-state index contributed by atoms with van der Waals surface area (Å²) in [4.78, 5) is 19.2. The molecule has 66 valence electrons. The summed E-state index contributed by atoms with van der Waals surface area (Å²) in [5, 5.41) is 0.602. The Kier molecular flexibility index (Phi) is 6.16. The first-order valence-electron chi connectivity index (χ1n) is 3.29. The third-order valence-corrected chi connectivity index (χ3v) is 1.32. The molecule has 0 radical (unpaired) electrons. The van der Waals surface area contributed by atoms with Gasteiger partial charge in [-0.1, -0.05) is 11.6 Å². The van der Waals surface area contributed by atoms with Gasteiger partial charge in [-0.3, -0.25) is 9.78 Å². The maximum atomic E-state index is 10.3. The van der Waals surface area contributed by atoms with E-state index in [1.807, 2.05) is 0 Å². The van der Waals surface area contributed by atoms with Crippen molar-refractivity contribution in [2.24, 2.45) is 0 Å². The van der Waals surface area contributed by atoms with Gasteiger partial charge in [0.2, 0.25) is 0 Å². The number of rotatable bonds is 2. The van der Waals surface area contributed by atoms with Crippen molar-refractivity contribution in [1.29, 1.82) is 0 Å². The predicted octanol–water partition coefficient (Wildman–Crippen LogP) is 1.55. The summed E-state index contributed by atoms with van der Waals surface area (Å²) in [7, 11) is 0. The van der Waals surface area contributed by atoms with Crippen molar-refractivity contribution < 1.29 is 14.6 Å². The second kappa shape index (κ2) is 6.27. The normalized spacial score (nSPS) is 8.46. The number of hydrogen-bond acceptors (Lipinski definition) is 3. The first kappa shape index (κ1) is 12.8. The van der Waals surface area contributed by atoms with E-state index in [1.54, 1.807) is 24.3 Å². The van der Waals surface area contributed by atoms with Gasteiger partial charge in [-0.2, -0.15) is 0 Å². The fraction of sp³-hybridized carbons (Fsp3) is 0.125. The molecule has 0 aliphatic rings. The fourth-order valence-electron chi connectivity index (χ4n) is 0.597. The summed E-state index contributed by atoms with van der Waals surface area (Å²) in [5.74, 6) is -0.0560. The zero-order valence-corrected chi connectivity index (χ0v) is 7.17. The number of carbonyl (C=O) groups excluding carboxylic acids is 1. The maximum absolute atomic E-state index is 10.3.